The second-order valence-corrected chi connectivity index (χ2v) is 20.6. The molecule has 0 amide bonds. The molecule has 0 saturated heterocycles. The Hall–Kier alpha value is -2.89. The maximum Gasteiger partial charge on any atom is 0.306 e. The number of hydrogen-bond acceptors (Lipinski definition) is 6. The van der Waals surface area contributed by atoms with Crippen LogP contribution in [-0.2, 0) is 28.6 Å². The first-order chi connectivity index (χ1) is 35.0. The molecule has 0 aliphatic rings. The van der Waals surface area contributed by atoms with Gasteiger partial charge in [0.05, 0.1) is 0 Å². The van der Waals surface area contributed by atoms with Gasteiger partial charge in [0.25, 0.3) is 0 Å². The molecule has 0 bridgehead atoms. The van der Waals surface area contributed by atoms with Crippen molar-refractivity contribution >= 4 is 17.9 Å². The molecule has 0 aliphatic carbocycles. The van der Waals surface area contributed by atoms with Gasteiger partial charge in [-0.1, -0.05) is 293 Å². The summed E-state index contributed by atoms with van der Waals surface area (Å²) in [6.45, 7) is 6.50. The van der Waals surface area contributed by atoms with Gasteiger partial charge < -0.3 is 14.2 Å². The van der Waals surface area contributed by atoms with E-state index in [1.54, 1.807) is 0 Å². The molecule has 0 N–H and O–H groups in total. The summed E-state index contributed by atoms with van der Waals surface area (Å²) in [6, 6.07) is 0. The van der Waals surface area contributed by atoms with E-state index in [9.17, 15) is 14.4 Å². The molecule has 0 aromatic heterocycles. The number of hydrogen-bond donors (Lipinski definition) is 0. The zero-order chi connectivity index (χ0) is 51.4. The molecule has 0 aromatic carbocycles. The lowest BCUT2D eigenvalue weighted by Crippen LogP contribution is -2.30. The van der Waals surface area contributed by atoms with Gasteiger partial charge in [-0.25, -0.2) is 0 Å². The number of allylic oxidation sites excluding steroid dienone is 10. The summed E-state index contributed by atoms with van der Waals surface area (Å²) < 4.78 is 16.8. The van der Waals surface area contributed by atoms with Gasteiger partial charge in [-0.05, 0) is 64.2 Å². The third kappa shape index (κ3) is 57.9. The predicted octanol–water partition coefficient (Wildman–Crippen LogP) is 20.8. The smallest absolute Gasteiger partial charge is 0.306 e. The lowest BCUT2D eigenvalue weighted by molar-refractivity contribution is -0.167. The van der Waals surface area contributed by atoms with Gasteiger partial charge in [0.15, 0.2) is 6.10 Å². The SMILES string of the molecule is CC/C=C\C/C=C\C/C=C\C/C=C\C/C=C\CCCCCCCCCCCCCCCCCCCCCC(=O)OCC(COC(=O)CCCCCCCCC)OC(=O)CCCCCCCCCCCCC. The highest BCUT2D eigenvalue weighted by Crippen LogP contribution is 2.17. The lowest BCUT2D eigenvalue weighted by Gasteiger charge is -2.18. The Morgan fingerprint density at radius 1 is 0.296 bits per heavy atom. The van der Waals surface area contributed by atoms with Crippen LogP contribution in [0.3, 0.4) is 0 Å². The average molecular weight is 994 g/mol. The monoisotopic (exact) mass is 993 g/mol. The van der Waals surface area contributed by atoms with Crippen molar-refractivity contribution in [3.8, 4) is 0 Å². The minimum absolute atomic E-state index is 0.0676. The molecule has 0 aromatic rings. The van der Waals surface area contributed by atoms with Gasteiger partial charge in [-0.2, -0.15) is 0 Å². The summed E-state index contributed by atoms with van der Waals surface area (Å²) in [5, 5.41) is 0. The van der Waals surface area contributed by atoms with Crippen LogP contribution in [0.15, 0.2) is 60.8 Å². The van der Waals surface area contributed by atoms with E-state index < -0.39 is 6.10 Å². The largest absolute Gasteiger partial charge is 0.462 e. The molecule has 71 heavy (non-hydrogen) atoms. The van der Waals surface area contributed by atoms with Crippen LogP contribution in [-0.4, -0.2) is 37.2 Å². The number of rotatable bonds is 56. The van der Waals surface area contributed by atoms with Crippen molar-refractivity contribution in [3.05, 3.63) is 60.8 Å². The number of unbranched alkanes of at least 4 members (excludes halogenated alkanes) is 35. The molecule has 412 valence electrons. The van der Waals surface area contributed by atoms with Gasteiger partial charge in [-0.3, -0.25) is 14.4 Å². The van der Waals surface area contributed by atoms with Gasteiger partial charge >= 0.3 is 17.9 Å². The highest BCUT2D eigenvalue weighted by atomic mass is 16.6. The molecule has 0 fully saturated rings. The Balaban J connectivity index is 3.90. The summed E-state index contributed by atoms with van der Waals surface area (Å²) in [5.74, 6) is -0.860. The molecule has 0 aliphatic heterocycles. The molecule has 0 heterocycles. The number of carbonyl (C=O) groups excluding carboxylic acids is 3. The predicted molar refractivity (Wildman–Crippen MR) is 307 cm³/mol. The van der Waals surface area contributed by atoms with Crippen molar-refractivity contribution in [1.29, 1.82) is 0 Å². The standard InChI is InChI=1S/C65H116O6/c1-4-7-10-13-16-18-20-21-22-23-24-25-26-27-28-29-30-31-32-33-34-35-36-37-38-39-40-41-42-43-45-46-49-52-55-58-64(67)70-61-62(60-69-63(66)57-54-51-48-15-12-9-6-3)71-65(68)59-56-53-50-47-44-19-17-14-11-8-5-2/h7,10,16,18,21-22,24-25,27-28,62H,4-6,8-9,11-15,17,19-20,23,26,29-61H2,1-3H3/b10-7-,18-16-,22-21-,25-24-,28-27-. The molecule has 0 rings (SSSR count). The molecule has 0 spiro atoms. The fourth-order valence-corrected chi connectivity index (χ4v) is 8.94. The average Bonchev–Trinajstić information content (AvgIpc) is 3.37. The Kier molecular flexibility index (Phi) is 57.2. The number of ether oxygens (including phenoxy) is 3. The van der Waals surface area contributed by atoms with Crippen LogP contribution in [0.5, 0.6) is 0 Å². The molecule has 1 unspecified atom stereocenters. The van der Waals surface area contributed by atoms with E-state index in [4.69, 9.17) is 14.2 Å². The first-order valence-corrected chi connectivity index (χ1v) is 30.8. The fourth-order valence-electron chi connectivity index (χ4n) is 8.94. The summed E-state index contributed by atoms with van der Waals surface area (Å²) in [7, 11) is 0. The molecular formula is C65H116O6. The molecule has 6 heteroatoms. The van der Waals surface area contributed by atoms with Crippen LogP contribution < -0.4 is 0 Å². The molecule has 0 saturated carbocycles. The Morgan fingerprint density at radius 3 is 0.859 bits per heavy atom. The minimum atomic E-state index is -0.764. The third-order valence-corrected chi connectivity index (χ3v) is 13.5. The van der Waals surface area contributed by atoms with Crippen molar-refractivity contribution in [2.75, 3.05) is 13.2 Å². The first kappa shape index (κ1) is 68.1. The summed E-state index contributed by atoms with van der Waals surface area (Å²) >= 11 is 0. The number of esters is 3. The van der Waals surface area contributed by atoms with E-state index in [0.717, 1.165) is 89.9 Å². The third-order valence-electron chi connectivity index (χ3n) is 13.5. The zero-order valence-corrected chi connectivity index (χ0v) is 47.2. The van der Waals surface area contributed by atoms with Gasteiger partial charge in [-0.15, -0.1) is 0 Å². The highest BCUT2D eigenvalue weighted by Gasteiger charge is 2.19. The maximum absolute atomic E-state index is 12.7. The number of carbonyl (C=O) groups is 3. The van der Waals surface area contributed by atoms with Crippen molar-refractivity contribution in [2.24, 2.45) is 0 Å². The van der Waals surface area contributed by atoms with E-state index in [0.29, 0.717) is 19.3 Å². The molecule has 6 nitrogen and oxygen atoms in total. The molecule has 0 radical (unpaired) electrons. The van der Waals surface area contributed by atoms with E-state index in [1.165, 1.54) is 186 Å². The van der Waals surface area contributed by atoms with Gasteiger partial charge in [0, 0.05) is 19.3 Å². The van der Waals surface area contributed by atoms with E-state index in [-0.39, 0.29) is 31.1 Å². The summed E-state index contributed by atoms with van der Waals surface area (Å²) in [5.41, 5.74) is 0. The first-order valence-electron chi connectivity index (χ1n) is 30.8. The van der Waals surface area contributed by atoms with Crippen LogP contribution in [0.4, 0.5) is 0 Å². The Labute approximate surface area is 440 Å². The molecule has 1 atom stereocenters. The van der Waals surface area contributed by atoms with Crippen molar-refractivity contribution in [2.45, 2.75) is 322 Å². The second kappa shape index (κ2) is 59.7. The quantitative estimate of drug-likeness (QED) is 0.0261. The van der Waals surface area contributed by atoms with Crippen LogP contribution in [0, 0.1) is 0 Å². The van der Waals surface area contributed by atoms with Crippen molar-refractivity contribution in [3.63, 3.8) is 0 Å². The van der Waals surface area contributed by atoms with E-state index >= 15 is 0 Å². The van der Waals surface area contributed by atoms with Gasteiger partial charge in [0.2, 0.25) is 0 Å². The second-order valence-electron chi connectivity index (χ2n) is 20.6. The van der Waals surface area contributed by atoms with E-state index in [1.807, 2.05) is 0 Å². The normalized spacial score (nSPS) is 12.4. The maximum atomic E-state index is 12.7. The van der Waals surface area contributed by atoms with Crippen LogP contribution in [0.2, 0.25) is 0 Å². The lowest BCUT2D eigenvalue weighted by atomic mass is 10.0. The summed E-state index contributed by atoms with van der Waals surface area (Å²) in [4.78, 5) is 37.9. The van der Waals surface area contributed by atoms with Crippen molar-refractivity contribution in [1.82, 2.24) is 0 Å². The minimum Gasteiger partial charge on any atom is -0.462 e. The van der Waals surface area contributed by atoms with Crippen LogP contribution in [0.25, 0.3) is 0 Å². The topological polar surface area (TPSA) is 78.9 Å². The fraction of sp³-hybridized carbons (Fsp3) is 0.800. The Morgan fingerprint density at radius 2 is 0.549 bits per heavy atom. The summed E-state index contributed by atoms with van der Waals surface area (Å²) in [6.07, 6.45) is 75.6. The molecular weight excluding hydrogens is 877 g/mol. The van der Waals surface area contributed by atoms with Crippen LogP contribution in [0.1, 0.15) is 316 Å². The Bertz CT molecular complexity index is 1280. The van der Waals surface area contributed by atoms with Crippen LogP contribution >= 0.6 is 0 Å². The zero-order valence-electron chi connectivity index (χ0n) is 47.2. The van der Waals surface area contributed by atoms with Crippen molar-refractivity contribution < 1.29 is 28.6 Å². The van der Waals surface area contributed by atoms with Gasteiger partial charge in [0.1, 0.15) is 13.2 Å². The van der Waals surface area contributed by atoms with E-state index in [2.05, 4.69) is 81.5 Å². The highest BCUT2D eigenvalue weighted by molar-refractivity contribution is 5.71.